The molecule has 9 nitrogen and oxygen atoms in total. The van der Waals surface area contributed by atoms with Gasteiger partial charge in [0, 0.05) is 11.8 Å². The number of benzene rings is 1. The van der Waals surface area contributed by atoms with E-state index in [2.05, 4.69) is 16.2 Å². The average molecular weight is 360 g/mol. The van der Waals surface area contributed by atoms with Crippen LogP contribution in [0.5, 0.6) is 5.75 Å². The maximum absolute atomic E-state index is 12.0. The lowest BCUT2D eigenvalue weighted by Crippen LogP contribution is -2.46. The molecule has 0 aliphatic heterocycles. The van der Waals surface area contributed by atoms with Gasteiger partial charge in [-0.2, -0.15) is 0 Å². The monoisotopic (exact) mass is 360 g/mol. The molecule has 3 N–H and O–H groups in total. The molecule has 2 aromatic rings. The van der Waals surface area contributed by atoms with Gasteiger partial charge in [0.2, 0.25) is 5.91 Å². The molecule has 1 aromatic heterocycles. The summed E-state index contributed by atoms with van der Waals surface area (Å²) < 4.78 is 9.99. The van der Waals surface area contributed by atoms with Crippen LogP contribution < -0.4 is 20.9 Å². The number of furan rings is 1. The van der Waals surface area contributed by atoms with Crippen LogP contribution in [0.15, 0.2) is 47.1 Å². The highest BCUT2D eigenvalue weighted by Gasteiger charge is 2.13. The lowest BCUT2D eigenvalue weighted by atomic mass is 10.3. The molecule has 138 valence electrons. The van der Waals surface area contributed by atoms with Gasteiger partial charge in [-0.1, -0.05) is 6.07 Å². The first-order valence-electron chi connectivity index (χ1n) is 7.73. The van der Waals surface area contributed by atoms with Gasteiger partial charge in [-0.25, -0.2) is 0 Å². The first-order chi connectivity index (χ1) is 12.5. The quantitative estimate of drug-likeness (QED) is 0.624. The van der Waals surface area contributed by atoms with Crippen LogP contribution in [-0.4, -0.2) is 49.9 Å². The van der Waals surface area contributed by atoms with Crippen molar-refractivity contribution in [1.82, 2.24) is 15.8 Å². The SMILES string of the molecule is COc1cccc(NC(=O)CN(C)CC(=O)NNC(=O)c2ccco2)c1. The van der Waals surface area contributed by atoms with E-state index in [1.54, 1.807) is 37.4 Å². The van der Waals surface area contributed by atoms with Gasteiger partial charge in [0.15, 0.2) is 5.76 Å². The van der Waals surface area contributed by atoms with Gasteiger partial charge in [0.1, 0.15) is 5.75 Å². The summed E-state index contributed by atoms with van der Waals surface area (Å²) in [6.07, 6.45) is 1.35. The molecule has 1 aromatic carbocycles. The van der Waals surface area contributed by atoms with E-state index in [9.17, 15) is 14.4 Å². The number of carbonyl (C=O) groups is 3. The predicted octanol–water partition coefficient (Wildman–Crippen LogP) is 0.620. The van der Waals surface area contributed by atoms with E-state index in [-0.39, 0.29) is 24.8 Å². The minimum Gasteiger partial charge on any atom is -0.497 e. The Morgan fingerprint density at radius 1 is 1.08 bits per heavy atom. The van der Waals surface area contributed by atoms with Crippen LogP contribution in [0.3, 0.4) is 0 Å². The average Bonchev–Trinajstić information content (AvgIpc) is 3.14. The predicted molar refractivity (Wildman–Crippen MR) is 93.4 cm³/mol. The molecular weight excluding hydrogens is 340 g/mol. The number of hydrogen-bond acceptors (Lipinski definition) is 6. The third-order valence-electron chi connectivity index (χ3n) is 3.24. The number of carbonyl (C=O) groups excluding carboxylic acids is 3. The molecule has 0 spiro atoms. The molecule has 0 aliphatic rings. The standard InChI is InChI=1S/C17H20N4O5/c1-21(10-15(22)18-12-5-3-6-13(9-12)25-2)11-16(23)19-20-17(24)14-7-4-8-26-14/h3-9H,10-11H2,1-2H3,(H,18,22)(H,19,23)(H,20,24). The van der Waals surface area contributed by atoms with Crippen molar-refractivity contribution in [2.75, 3.05) is 32.6 Å². The first-order valence-corrected chi connectivity index (χ1v) is 7.73. The zero-order valence-electron chi connectivity index (χ0n) is 14.4. The number of ether oxygens (including phenoxy) is 1. The molecule has 0 atom stereocenters. The number of likely N-dealkylation sites (N-methyl/N-ethyl adjacent to an activating group) is 1. The van der Waals surface area contributed by atoms with Crippen molar-refractivity contribution in [3.63, 3.8) is 0 Å². The van der Waals surface area contributed by atoms with Crippen LogP contribution in [0.1, 0.15) is 10.6 Å². The second-order valence-electron chi connectivity index (χ2n) is 5.43. The van der Waals surface area contributed by atoms with E-state index in [1.165, 1.54) is 24.3 Å². The van der Waals surface area contributed by atoms with E-state index >= 15 is 0 Å². The number of nitrogens with zero attached hydrogens (tertiary/aromatic N) is 1. The maximum Gasteiger partial charge on any atom is 0.305 e. The zero-order valence-corrected chi connectivity index (χ0v) is 14.4. The van der Waals surface area contributed by atoms with Crippen molar-refractivity contribution in [1.29, 1.82) is 0 Å². The molecule has 1 heterocycles. The van der Waals surface area contributed by atoms with Crippen molar-refractivity contribution in [3.05, 3.63) is 48.4 Å². The zero-order chi connectivity index (χ0) is 18.9. The summed E-state index contributed by atoms with van der Waals surface area (Å²) in [5, 5.41) is 2.72. The summed E-state index contributed by atoms with van der Waals surface area (Å²) in [5.41, 5.74) is 5.07. The second kappa shape index (κ2) is 9.23. The number of rotatable bonds is 7. The van der Waals surface area contributed by atoms with Crippen LogP contribution >= 0.6 is 0 Å². The lowest BCUT2D eigenvalue weighted by Gasteiger charge is -2.16. The molecule has 0 bridgehead atoms. The summed E-state index contributed by atoms with van der Waals surface area (Å²) in [6.45, 7) is -0.0826. The number of methoxy groups -OCH3 is 1. The fraction of sp³-hybridized carbons (Fsp3) is 0.235. The van der Waals surface area contributed by atoms with Gasteiger partial charge in [0.25, 0.3) is 5.91 Å². The Balaban J connectivity index is 1.72. The highest BCUT2D eigenvalue weighted by Crippen LogP contribution is 2.16. The number of hydrogen-bond donors (Lipinski definition) is 3. The number of nitrogens with one attached hydrogen (secondary N) is 3. The first kappa shape index (κ1) is 19.0. The van der Waals surface area contributed by atoms with E-state index in [0.717, 1.165) is 0 Å². The molecule has 0 fully saturated rings. The summed E-state index contributed by atoms with van der Waals surface area (Å²) in [4.78, 5) is 36.9. The van der Waals surface area contributed by atoms with Gasteiger partial charge in [0.05, 0.1) is 26.5 Å². The van der Waals surface area contributed by atoms with Gasteiger partial charge in [-0.15, -0.1) is 0 Å². The summed E-state index contributed by atoms with van der Waals surface area (Å²) in [7, 11) is 3.15. The molecular formula is C17H20N4O5. The highest BCUT2D eigenvalue weighted by atomic mass is 16.5. The molecule has 3 amide bonds. The Kier molecular flexibility index (Phi) is 6.75. The Hall–Kier alpha value is -3.33. The Morgan fingerprint density at radius 3 is 2.54 bits per heavy atom. The summed E-state index contributed by atoms with van der Waals surface area (Å²) in [6, 6.07) is 9.98. The molecule has 0 saturated carbocycles. The number of hydrazine groups is 1. The number of amides is 3. The summed E-state index contributed by atoms with van der Waals surface area (Å²) >= 11 is 0. The van der Waals surface area contributed by atoms with Crippen molar-refractivity contribution >= 4 is 23.4 Å². The van der Waals surface area contributed by atoms with Gasteiger partial charge in [-0.3, -0.25) is 30.1 Å². The van der Waals surface area contributed by atoms with Crippen molar-refractivity contribution in [2.24, 2.45) is 0 Å². The smallest absolute Gasteiger partial charge is 0.305 e. The molecule has 2 rings (SSSR count). The van der Waals surface area contributed by atoms with Crippen molar-refractivity contribution < 1.29 is 23.5 Å². The largest absolute Gasteiger partial charge is 0.497 e. The molecule has 0 radical (unpaired) electrons. The molecule has 0 saturated heterocycles. The van der Waals surface area contributed by atoms with Crippen molar-refractivity contribution in [2.45, 2.75) is 0 Å². The lowest BCUT2D eigenvalue weighted by molar-refractivity contribution is -0.123. The third kappa shape index (κ3) is 5.95. The number of anilines is 1. The van der Waals surface area contributed by atoms with Crippen LogP contribution in [0.2, 0.25) is 0 Å². The van der Waals surface area contributed by atoms with Crippen LogP contribution in [0, 0.1) is 0 Å². The van der Waals surface area contributed by atoms with Gasteiger partial charge in [-0.05, 0) is 31.3 Å². The minimum absolute atomic E-state index is 0.00321. The van der Waals surface area contributed by atoms with Gasteiger partial charge < -0.3 is 14.5 Å². The fourth-order valence-corrected chi connectivity index (χ4v) is 2.08. The molecule has 0 unspecified atom stereocenters. The topological polar surface area (TPSA) is 113 Å². The summed E-state index contributed by atoms with van der Waals surface area (Å²) in [5.74, 6) is -0.615. The highest BCUT2D eigenvalue weighted by molar-refractivity contribution is 5.94. The minimum atomic E-state index is -0.568. The van der Waals surface area contributed by atoms with Crippen LogP contribution in [0.4, 0.5) is 5.69 Å². The molecule has 26 heavy (non-hydrogen) atoms. The van der Waals surface area contributed by atoms with Crippen LogP contribution in [0.25, 0.3) is 0 Å². The fourth-order valence-electron chi connectivity index (χ4n) is 2.08. The maximum atomic E-state index is 12.0. The Labute approximate surface area is 150 Å². The van der Waals surface area contributed by atoms with E-state index in [0.29, 0.717) is 11.4 Å². The second-order valence-corrected chi connectivity index (χ2v) is 5.43. The Morgan fingerprint density at radius 2 is 1.85 bits per heavy atom. The van der Waals surface area contributed by atoms with Crippen molar-refractivity contribution in [3.8, 4) is 5.75 Å². The van der Waals surface area contributed by atoms with Gasteiger partial charge >= 0.3 is 5.91 Å². The normalized spacial score (nSPS) is 10.3. The van der Waals surface area contributed by atoms with E-state index in [1.807, 2.05) is 0 Å². The van der Waals surface area contributed by atoms with E-state index < -0.39 is 11.8 Å². The third-order valence-corrected chi connectivity index (χ3v) is 3.24. The Bertz CT molecular complexity index is 760. The van der Waals surface area contributed by atoms with Crippen LogP contribution in [-0.2, 0) is 9.59 Å². The molecule has 0 aliphatic carbocycles. The molecule has 9 heteroatoms. The van der Waals surface area contributed by atoms with E-state index in [4.69, 9.17) is 9.15 Å².